The molecule has 0 saturated carbocycles. The smallest absolute Gasteiger partial charge is 0.349 e. The second-order valence-corrected chi connectivity index (χ2v) is 6.74. The summed E-state index contributed by atoms with van der Waals surface area (Å²) in [7, 11) is 1.52. The topological polar surface area (TPSA) is 80.6 Å². The predicted molar refractivity (Wildman–Crippen MR) is 101 cm³/mol. The summed E-state index contributed by atoms with van der Waals surface area (Å²) in [4.78, 5) is 25.0. The molecule has 0 aliphatic carbocycles. The highest BCUT2D eigenvalue weighted by Crippen LogP contribution is 2.28. The van der Waals surface area contributed by atoms with Crippen LogP contribution in [0.2, 0.25) is 5.02 Å². The molecule has 0 radical (unpaired) electrons. The zero-order valence-electron chi connectivity index (χ0n) is 14.7. The summed E-state index contributed by atoms with van der Waals surface area (Å²) < 4.78 is 10.6. The molecule has 1 amide bonds. The number of methoxy groups -OCH3 is 1. The SMILES string of the molecule is COc1ccc(Cl)c(NC(=O)c2c(C)cc(C3CCCNC3)oc2=O)c1. The Morgan fingerprint density at radius 3 is 2.85 bits per heavy atom. The molecule has 1 aromatic heterocycles. The first-order valence-corrected chi connectivity index (χ1v) is 8.87. The summed E-state index contributed by atoms with van der Waals surface area (Å²) in [6.45, 7) is 3.48. The Morgan fingerprint density at radius 1 is 1.38 bits per heavy atom. The van der Waals surface area contributed by atoms with Gasteiger partial charge in [-0.25, -0.2) is 4.79 Å². The molecule has 1 aromatic carbocycles. The number of piperidine rings is 1. The Bertz CT molecular complexity index is 872. The first-order chi connectivity index (χ1) is 12.5. The van der Waals surface area contributed by atoms with Crippen LogP contribution in [0, 0.1) is 6.92 Å². The Morgan fingerprint density at radius 2 is 2.19 bits per heavy atom. The van der Waals surface area contributed by atoms with Crippen LogP contribution in [0.3, 0.4) is 0 Å². The zero-order chi connectivity index (χ0) is 18.7. The van der Waals surface area contributed by atoms with Gasteiger partial charge in [0, 0.05) is 18.5 Å². The van der Waals surface area contributed by atoms with Crippen LogP contribution in [-0.2, 0) is 0 Å². The van der Waals surface area contributed by atoms with E-state index in [2.05, 4.69) is 10.6 Å². The van der Waals surface area contributed by atoms with Crippen molar-refractivity contribution in [1.82, 2.24) is 5.32 Å². The van der Waals surface area contributed by atoms with E-state index in [1.807, 2.05) is 0 Å². The monoisotopic (exact) mass is 376 g/mol. The number of aryl methyl sites for hydroxylation is 1. The van der Waals surface area contributed by atoms with Crippen LogP contribution < -0.4 is 21.0 Å². The molecule has 26 heavy (non-hydrogen) atoms. The van der Waals surface area contributed by atoms with Crippen molar-refractivity contribution >= 4 is 23.2 Å². The van der Waals surface area contributed by atoms with E-state index in [1.165, 1.54) is 7.11 Å². The number of anilines is 1. The lowest BCUT2D eigenvalue weighted by molar-refractivity contribution is 0.102. The molecule has 0 bridgehead atoms. The van der Waals surface area contributed by atoms with Gasteiger partial charge in [0.05, 0.1) is 17.8 Å². The average Bonchev–Trinajstić information content (AvgIpc) is 2.63. The van der Waals surface area contributed by atoms with Crippen molar-refractivity contribution in [3.8, 4) is 5.75 Å². The molecule has 2 aromatic rings. The average molecular weight is 377 g/mol. The number of halogens is 1. The van der Waals surface area contributed by atoms with Crippen LogP contribution in [0.25, 0.3) is 0 Å². The van der Waals surface area contributed by atoms with Crippen LogP contribution in [0.1, 0.15) is 40.4 Å². The van der Waals surface area contributed by atoms with Crippen molar-refractivity contribution in [2.24, 2.45) is 0 Å². The lowest BCUT2D eigenvalue weighted by Gasteiger charge is -2.22. The van der Waals surface area contributed by atoms with Gasteiger partial charge < -0.3 is 19.8 Å². The first-order valence-electron chi connectivity index (χ1n) is 8.50. The van der Waals surface area contributed by atoms with Crippen molar-refractivity contribution < 1.29 is 13.9 Å². The van der Waals surface area contributed by atoms with Gasteiger partial charge in [-0.2, -0.15) is 0 Å². The molecule has 138 valence electrons. The van der Waals surface area contributed by atoms with Crippen molar-refractivity contribution in [3.05, 3.63) is 56.6 Å². The molecular weight excluding hydrogens is 356 g/mol. The van der Waals surface area contributed by atoms with Crippen LogP contribution in [-0.4, -0.2) is 26.1 Å². The summed E-state index contributed by atoms with van der Waals surface area (Å²) in [6.07, 6.45) is 1.99. The van der Waals surface area contributed by atoms with Crippen molar-refractivity contribution in [2.75, 3.05) is 25.5 Å². The van der Waals surface area contributed by atoms with Crippen molar-refractivity contribution in [3.63, 3.8) is 0 Å². The minimum atomic E-state index is -0.637. The molecule has 0 spiro atoms. The maximum atomic E-state index is 12.6. The summed E-state index contributed by atoms with van der Waals surface area (Å²) >= 11 is 6.11. The van der Waals surface area contributed by atoms with Gasteiger partial charge in [0.2, 0.25) is 0 Å². The number of nitrogens with one attached hydrogen (secondary N) is 2. The van der Waals surface area contributed by atoms with Crippen LogP contribution in [0.5, 0.6) is 5.75 Å². The zero-order valence-corrected chi connectivity index (χ0v) is 15.5. The van der Waals surface area contributed by atoms with Crippen LogP contribution in [0.15, 0.2) is 33.5 Å². The fourth-order valence-electron chi connectivity index (χ4n) is 3.11. The van der Waals surface area contributed by atoms with E-state index in [0.29, 0.717) is 27.8 Å². The molecule has 1 aliphatic heterocycles. The molecule has 1 atom stereocenters. The molecule has 7 heteroatoms. The number of amides is 1. The maximum absolute atomic E-state index is 12.6. The Hall–Kier alpha value is -2.31. The third-order valence-corrected chi connectivity index (χ3v) is 4.85. The predicted octanol–water partition coefficient (Wildman–Crippen LogP) is 3.33. The third kappa shape index (κ3) is 3.92. The van der Waals surface area contributed by atoms with Crippen LogP contribution >= 0.6 is 11.6 Å². The van der Waals surface area contributed by atoms with Crippen molar-refractivity contribution in [2.45, 2.75) is 25.7 Å². The van der Waals surface area contributed by atoms with Gasteiger partial charge in [0.1, 0.15) is 17.1 Å². The largest absolute Gasteiger partial charge is 0.497 e. The number of ether oxygens (including phenoxy) is 1. The van der Waals surface area contributed by atoms with E-state index in [9.17, 15) is 9.59 Å². The first kappa shape index (κ1) is 18.5. The number of carbonyl (C=O) groups is 1. The summed E-state index contributed by atoms with van der Waals surface area (Å²) in [5.74, 6) is 0.768. The normalized spacial score (nSPS) is 17.0. The minimum Gasteiger partial charge on any atom is -0.497 e. The number of benzene rings is 1. The fourth-order valence-corrected chi connectivity index (χ4v) is 3.28. The summed E-state index contributed by atoms with van der Waals surface area (Å²) in [5, 5.41) is 6.30. The lowest BCUT2D eigenvalue weighted by Crippen LogP contribution is -2.30. The second kappa shape index (κ2) is 7.93. The highest BCUT2D eigenvalue weighted by Gasteiger charge is 2.23. The number of hydrogen-bond acceptors (Lipinski definition) is 5. The highest BCUT2D eigenvalue weighted by molar-refractivity contribution is 6.34. The fraction of sp³-hybridized carbons (Fsp3) is 0.368. The van der Waals surface area contributed by atoms with E-state index in [4.69, 9.17) is 20.8 Å². The van der Waals surface area contributed by atoms with Gasteiger partial charge in [0.25, 0.3) is 5.91 Å². The third-order valence-electron chi connectivity index (χ3n) is 4.52. The molecule has 2 heterocycles. The molecule has 6 nitrogen and oxygen atoms in total. The Balaban J connectivity index is 1.87. The number of carbonyl (C=O) groups excluding carboxylic acids is 1. The second-order valence-electron chi connectivity index (χ2n) is 6.34. The van der Waals surface area contributed by atoms with Gasteiger partial charge in [-0.05, 0) is 50.1 Å². The maximum Gasteiger partial charge on any atom is 0.349 e. The van der Waals surface area contributed by atoms with E-state index in [0.717, 1.165) is 25.9 Å². The van der Waals surface area contributed by atoms with Crippen LogP contribution in [0.4, 0.5) is 5.69 Å². The van der Waals surface area contributed by atoms with E-state index >= 15 is 0 Å². The Kier molecular flexibility index (Phi) is 5.64. The lowest BCUT2D eigenvalue weighted by atomic mass is 9.95. The van der Waals surface area contributed by atoms with Gasteiger partial charge >= 0.3 is 5.63 Å². The van der Waals surface area contributed by atoms with Gasteiger partial charge in [-0.1, -0.05) is 11.6 Å². The standard InChI is InChI=1S/C19H21ClN2O4/c1-11-8-16(12-4-3-7-21-10-12)26-19(24)17(11)18(23)22-15-9-13(25-2)5-6-14(15)20/h5-6,8-9,12,21H,3-4,7,10H2,1-2H3,(H,22,23). The highest BCUT2D eigenvalue weighted by atomic mass is 35.5. The summed E-state index contributed by atoms with van der Waals surface area (Å²) in [6, 6.07) is 6.68. The molecule has 1 aliphatic rings. The molecule has 1 unspecified atom stereocenters. The van der Waals surface area contributed by atoms with E-state index in [-0.39, 0.29) is 11.5 Å². The molecule has 2 N–H and O–H groups in total. The summed E-state index contributed by atoms with van der Waals surface area (Å²) in [5.41, 5.74) is 0.298. The number of hydrogen-bond donors (Lipinski definition) is 2. The minimum absolute atomic E-state index is 0.0172. The van der Waals surface area contributed by atoms with E-state index < -0.39 is 11.5 Å². The molecule has 3 rings (SSSR count). The van der Waals surface area contributed by atoms with Gasteiger partial charge in [0.15, 0.2) is 0 Å². The quantitative estimate of drug-likeness (QED) is 0.855. The molecule has 1 fully saturated rings. The Labute approximate surface area is 156 Å². The van der Waals surface area contributed by atoms with Gasteiger partial charge in [-0.15, -0.1) is 0 Å². The van der Waals surface area contributed by atoms with Gasteiger partial charge in [-0.3, -0.25) is 4.79 Å². The van der Waals surface area contributed by atoms with E-state index in [1.54, 1.807) is 31.2 Å². The van der Waals surface area contributed by atoms with Crippen molar-refractivity contribution in [1.29, 1.82) is 0 Å². The molecular formula is C19H21ClN2O4. The molecule has 1 saturated heterocycles. The number of rotatable bonds is 4.